The molecule has 122 valence electrons. The van der Waals surface area contributed by atoms with Gasteiger partial charge in [-0.15, -0.1) is 0 Å². The Kier molecular flexibility index (Phi) is 3.78. The monoisotopic (exact) mass is 322 g/mol. The highest BCUT2D eigenvalue weighted by molar-refractivity contribution is 5.85. The van der Waals surface area contributed by atoms with Crippen LogP contribution in [0.2, 0.25) is 0 Å². The van der Waals surface area contributed by atoms with Crippen molar-refractivity contribution in [3.63, 3.8) is 0 Å². The summed E-state index contributed by atoms with van der Waals surface area (Å²) in [5.41, 5.74) is 3.26. The number of aryl methyl sites for hydroxylation is 1. The maximum absolute atomic E-state index is 11.9. The summed E-state index contributed by atoms with van der Waals surface area (Å²) >= 11 is 0. The van der Waals surface area contributed by atoms with Crippen molar-refractivity contribution in [1.29, 1.82) is 0 Å². The Morgan fingerprint density at radius 2 is 2.17 bits per heavy atom. The fraction of sp³-hybridized carbons (Fsp3) is 0.263. The molecule has 0 bridgehead atoms. The molecule has 2 aromatic heterocycles. The van der Waals surface area contributed by atoms with E-state index in [0.717, 1.165) is 34.4 Å². The first kappa shape index (κ1) is 14.9. The molecule has 0 N–H and O–H groups in total. The fourth-order valence-corrected chi connectivity index (χ4v) is 3.16. The zero-order valence-electron chi connectivity index (χ0n) is 13.5. The summed E-state index contributed by atoms with van der Waals surface area (Å²) in [6, 6.07) is 11.4. The molecule has 3 aromatic rings. The van der Waals surface area contributed by atoms with E-state index < -0.39 is 0 Å². The molecule has 0 spiro atoms. The molecule has 0 saturated heterocycles. The van der Waals surface area contributed by atoms with Crippen LogP contribution in [0.15, 0.2) is 51.8 Å². The maximum Gasteiger partial charge on any atom is 0.336 e. The van der Waals surface area contributed by atoms with Gasteiger partial charge in [-0.05, 0) is 36.2 Å². The van der Waals surface area contributed by atoms with Crippen LogP contribution in [0.25, 0.3) is 11.0 Å². The minimum Gasteiger partial charge on any atom is -0.478 e. The first-order chi connectivity index (χ1) is 11.7. The first-order valence-electron chi connectivity index (χ1n) is 8.08. The van der Waals surface area contributed by atoms with E-state index >= 15 is 0 Å². The topological polar surface area (TPSA) is 55.6 Å². The SMILES string of the molecule is CCc1cc(=O)oc2c3c(ccc12)OCN(Cc1ccccn1)C3. The van der Waals surface area contributed by atoms with Gasteiger partial charge < -0.3 is 9.15 Å². The smallest absolute Gasteiger partial charge is 0.336 e. The van der Waals surface area contributed by atoms with E-state index in [1.54, 1.807) is 12.3 Å². The molecular weight excluding hydrogens is 304 g/mol. The lowest BCUT2D eigenvalue weighted by molar-refractivity contribution is 0.0878. The summed E-state index contributed by atoms with van der Waals surface area (Å²) in [7, 11) is 0. The molecule has 0 saturated carbocycles. The molecule has 1 aliphatic heterocycles. The normalized spacial score (nSPS) is 14.4. The number of nitrogens with zero attached hydrogens (tertiary/aromatic N) is 2. The third kappa shape index (κ3) is 2.67. The van der Waals surface area contributed by atoms with Gasteiger partial charge in [0.25, 0.3) is 0 Å². The number of ether oxygens (including phenoxy) is 1. The van der Waals surface area contributed by atoms with Crippen molar-refractivity contribution in [3.8, 4) is 5.75 Å². The fourth-order valence-electron chi connectivity index (χ4n) is 3.16. The van der Waals surface area contributed by atoms with E-state index in [4.69, 9.17) is 9.15 Å². The largest absolute Gasteiger partial charge is 0.478 e. The Morgan fingerprint density at radius 1 is 1.25 bits per heavy atom. The van der Waals surface area contributed by atoms with Crippen LogP contribution >= 0.6 is 0 Å². The molecule has 0 atom stereocenters. The lowest BCUT2D eigenvalue weighted by atomic mass is 10.0. The van der Waals surface area contributed by atoms with Crippen LogP contribution in [0.5, 0.6) is 5.75 Å². The third-order valence-electron chi connectivity index (χ3n) is 4.34. The van der Waals surface area contributed by atoms with Crippen LogP contribution in [-0.2, 0) is 19.5 Å². The number of benzene rings is 1. The molecule has 5 nitrogen and oxygen atoms in total. The van der Waals surface area contributed by atoms with E-state index in [0.29, 0.717) is 25.4 Å². The first-order valence-corrected chi connectivity index (χ1v) is 8.08. The zero-order chi connectivity index (χ0) is 16.5. The van der Waals surface area contributed by atoms with Crippen molar-refractivity contribution >= 4 is 11.0 Å². The second-order valence-electron chi connectivity index (χ2n) is 5.94. The number of fused-ring (bicyclic) bond motifs is 3. The standard InChI is InChI=1S/C19H18N2O3/c1-2-13-9-18(22)24-19-15(13)6-7-17-16(19)11-21(12-23-17)10-14-5-3-4-8-20-14/h3-9H,2,10-12H2,1H3. The van der Waals surface area contributed by atoms with E-state index in [1.807, 2.05) is 37.3 Å². The summed E-state index contributed by atoms with van der Waals surface area (Å²) in [6.07, 6.45) is 2.58. The van der Waals surface area contributed by atoms with Gasteiger partial charge in [-0.3, -0.25) is 9.88 Å². The Bertz CT molecular complexity index is 934. The summed E-state index contributed by atoms with van der Waals surface area (Å²) in [4.78, 5) is 18.4. The molecule has 0 amide bonds. The van der Waals surface area contributed by atoms with Gasteiger partial charge >= 0.3 is 5.63 Å². The number of pyridine rings is 1. The van der Waals surface area contributed by atoms with Gasteiger partial charge in [-0.1, -0.05) is 13.0 Å². The third-order valence-corrected chi connectivity index (χ3v) is 4.34. The lowest BCUT2D eigenvalue weighted by Crippen LogP contribution is -2.32. The molecule has 1 aliphatic rings. The molecule has 0 unspecified atom stereocenters. The predicted octanol–water partition coefficient (Wildman–Crippen LogP) is 3.10. The van der Waals surface area contributed by atoms with E-state index in [9.17, 15) is 4.79 Å². The summed E-state index contributed by atoms with van der Waals surface area (Å²) in [5.74, 6) is 0.788. The molecular formula is C19H18N2O3. The van der Waals surface area contributed by atoms with Crippen molar-refractivity contribution < 1.29 is 9.15 Å². The minimum absolute atomic E-state index is 0.311. The van der Waals surface area contributed by atoms with Crippen molar-refractivity contribution in [3.05, 3.63) is 69.8 Å². The highest BCUT2D eigenvalue weighted by atomic mass is 16.5. The van der Waals surface area contributed by atoms with E-state index in [2.05, 4.69) is 9.88 Å². The summed E-state index contributed by atoms with van der Waals surface area (Å²) < 4.78 is 11.4. The van der Waals surface area contributed by atoms with Gasteiger partial charge in [-0.2, -0.15) is 0 Å². The molecule has 5 heteroatoms. The van der Waals surface area contributed by atoms with Crippen molar-refractivity contribution in [2.75, 3.05) is 6.73 Å². The molecule has 0 aliphatic carbocycles. The predicted molar refractivity (Wildman–Crippen MR) is 90.8 cm³/mol. The minimum atomic E-state index is -0.311. The number of hydrogen-bond donors (Lipinski definition) is 0. The average Bonchev–Trinajstić information content (AvgIpc) is 2.62. The second kappa shape index (κ2) is 6.09. The Balaban J connectivity index is 1.74. The average molecular weight is 322 g/mol. The number of hydrogen-bond acceptors (Lipinski definition) is 5. The quantitative estimate of drug-likeness (QED) is 0.694. The molecule has 0 radical (unpaired) electrons. The Labute approximate surface area is 139 Å². The molecule has 1 aromatic carbocycles. The van der Waals surface area contributed by atoms with Gasteiger partial charge in [0.15, 0.2) is 0 Å². The number of aromatic nitrogens is 1. The van der Waals surface area contributed by atoms with Crippen LogP contribution in [0.1, 0.15) is 23.7 Å². The highest BCUT2D eigenvalue weighted by Gasteiger charge is 2.22. The Morgan fingerprint density at radius 3 is 2.96 bits per heavy atom. The van der Waals surface area contributed by atoms with Crippen LogP contribution in [0.4, 0.5) is 0 Å². The zero-order valence-corrected chi connectivity index (χ0v) is 13.5. The van der Waals surface area contributed by atoms with Gasteiger partial charge in [0.05, 0.1) is 11.3 Å². The molecule has 3 heterocycles. The van der Waals surface area contributed by atoms with Crippen molar-refractivity contribution in [1.82, 2.24) is 9.88 Å². The van der Waals surface area contributed by atoms with Gasteiger partial charge in [0.1, 0.15) is 18.1 Å². The van der Waals surface area contributed by atoms with Crippen molar-refractivity contribution in [2.45, 2.75) is 26.4 Å². The maximum atomic E-state index is 11.9. The summed E-state index contributed by atoms with van der Waals surface area (Å²) in [5, 5.41) is 0.985. The van der Waals surface area contributed by atoms with Crippen molar-refractivity contribution in [2.24, 2.45) is 0 Å². The van der Waals surface area contributed by atoms with Gasteiger partial charge in [-0.25, -0.2) is 4.79 Å². The molecule has 4 rings (SSSR count). The van der Waals surface area contributed by atoms with Gasteiger partial charge in [0.2, 0.25) is 0 Å². The van der Waals surface area contributed by atoms with Crippen LogP contribution in [-0.4, -0.2) is 16.6 Å². The second-order valence-corrected chi connectivity index (χ2v) is 5.94. The van der Waals surface area contributed by atoms with Crippen LogP contribution < -0.4 is 10.4 Å². The van der Waals surface area contributed by atoms with E-state index in [-0.39, 0.29) is 5.63 Å². The van der Waals surface area contributed by atoms with E-state index in [1.165, 1.54) is 0 Å². The Hall–Kier alpha value is -2.66. The van der Waals surface area contributed by atoms with Crippen LogP contribution in [0.3, 0.4) is 0 Å². The highest BCUT2D eigenvalue weighted by Crippen LogP contribution is 2.33. The van der Waals surface area contributed by atoms with Gasteiger partial charge in [0, 0.05) is 30.7 Å². The lowest BCUT2D eigenvalue weighted by Gasteiger charge is -2.29. The summed E-state index contributed by atoms with van der Waals surface area (Å²) in [6.45, 7) is 3.89. The number of rotatable bonds is 3. The molecule has 24 heavy (non-hydrogen) atoms. The van der Waals surface area contributed by atoms with Crippen LogP contribution in [0, 0.1) is 0 Å². The molecule has 0 fully saturated rings.